The maximum atomic E-state index is 11.8. The van der Waals surface area contributed by atoms with Gasteiger partial charge >= 0.3 is 5.97 Å². The number of carbonyl (C=O) groups excluding carboxylic acids is 1. The molecule has 0 unspecified atom stereocenters. The summed E-state index contributed by atoms with van der Waals surface area (Å²) in [7, 11) is 0. The minimum Gasteiger partial charge on any atom is -0.493 e. The van der Waals surface area contributed by atoms with E-state index in [0.717, 1.165) is 5.56 Å². The Kier molecular flexibility index (Phi) is 6.22. The Balaban J connectivity index is 1.60. The summed E-state index contributed by atoms with van der Waals surface area (Å²) in [5, 5.41) is 4.51. The molecule has 0 bridgehead atoms. The summed E-state index contributed by atoms with van der Waals surface area (Å²) in [6, 6.07) is 14.5. The minimum atomic E-state index is -0.524. The average Bonchev–Trinajstić information content (AvgIpc) is 3.14. The lowest BCUT2D eigenvalue weighted by atomic mass is 10.2. The lowest BCUT2D eigenvalue weighted by Gasteiger charge is -2.05. The first-order valence-corrected chi connectivity index (χ1v) is 8.68. The second-order valence-electron chi connectivity index (χ2n) is 5.44. The van der Waals surface area contributed by atoms with Crippen LogP contribution >= 0.6 is 11.6 Å². The molecule has 0 radical (unpaired) electrons. The molecule has 0 fully saturated rings. The van der Waals surface area contributed by atoms with E-state index in [2.05, 4.69) is 10.1 Å². The Morgan fingerprint density at radius 1 is 1.22 bits per heavy atom. The molecule has 0 saturated carbocycles. The molecule has 1 aromatic heterocycles. The zero-order valence-electron chi connectivity index (χ0n) is 14.6. The SMILES string of the molecule is CCOc1ccccc1-c1noc(COC(=O)/C=C/c2cccc(Cl)c2)n1. The van der Waals surface area contributed by atoms with Crippen LogP contribution in [0.3, 0.4) is 0 Å². The number of aromatic nitrogens is 2. The lowest BCUT2D eigenvalue weighted by Crippen LogP contribution is -2.01. The molecule has 6 nitrogen and oxygen atoms in total. The minimum absolute atomic E-state index is 0.122. The fourth-order valence-corrected chi connectivity index (χ4v) is 2.51. The Morgan fingerprint density at radius 3 is 2.89 bits per heavy atom. The van der Waals surface area contributed by atoms with Crippen molar-refractivity contribution in [2.75, 3.05) is 6.61 Å². The van der Waals surface area contributed by atoms with Gasteiger partial charge in [-0.3, -0.25) is 0 Å². The van der Waals surface area contributed by atoms with Crippen LogP contribution in [0.1, 0.15) is 18.4 Å². The molecular formula is C20H17ClN2O4. The number of carbonyl (C=O) groups is 1. The van der Waals surface area contributed by atoms with Gasteiger partial charge in [-0.05, 0) is 42.8 Å². The van der Waals surface area contributed by atoms with Crippen LogP contribution in [0.15, 0.2) is 59.1 Å². The predicted octanol–water partition coefficient (Wildman–Crippen LogP) is 4.55. The fourth-order valence-electron chi connectivity index (χ4n) is 2.31. The molecule has 0 saturated heterocycles. The summed E-state index contributed by atoms with van der Waals surface area (Å²) in [6.07, 6.45) is 2.93. The van der Waals surface area contributed by atoms with Crippen LogP contribution in [0.2, 0.25) is 5.02 Å². The van der Waals surface area contributed by atoms with Crippen LogP contribution < -0.4 is 4.74 Å². The highest BCUT2D eigenvalue weighted by Gasteiger charge is 2.14. The molecule has 0 aliphatic rings. The second kappa shape index (κ2) is 9.00. The third kappa shape index (κ3) is 5.18. The first-order valence-electron chi connectivity index (χ1n) is 8.31. The van der Waals surface area contributed by atoms with Gasteiger partial charge in [-0.15, -0.1) is 0 Å². The van der Waals surface area contributed by atoms with E-state index in [1.807, 2.05) is 37.3 Å². The molecule has 0 aliphatic heterocycles. The van der Waals surface area contributed by atoms with Crippen molar-refractivity contribution in [1.82, 2.24) is 10.1 Å². The average molecular weight is 385 g/mol. The van der Waals surface area contributed by atoms with E-state index in [-0.39, 0.29) is 12.5 Å². The summed E-state index contributed by atoms with van der Waals surface area (Å²) in [5.74, 6) is 0.707. The van der Waals surface area contributed by atoms with Gasteiger partial charge in [0.25, 0.3) is 5.89 Å². The van der Waals surface area contributed by atoms with Gasteiger partial charge in [-0.2, -0.15) is 4.98 Å². The van der Waals surface area contributed by atoms with E-state index in [0.29, 0.717) is 28.8 Å². The summed E-state index contributed by atoms with van der Waals surface area (Å²) in [5.41, 5.74) is 1.51. The van der Waals surface area contributed by atoms with Gasteiger partial charge in [0.05, 0.1) is 12.2 Å². The molecule has 0 N–H and O–H groups in total. The second-order valence-corrected chi connectivity index (χ2v) is 5.87. The molecule has 7 heteroatoms. The number of nitrogens with zero attached hydrogens (tertiary/aromatic N) is 2. The Labute approximate surface area is 161 Å². The molecule has 27 heavy (non-hydrogen) atoms. The van der Waals surface area contributed by atoms with Crippen molar-refractivity contribution in [3.05, 3.63) is 71.1 Å². The highest BCUT2D eigenvalue weighted by Crippen LogP contribution is 2.27. The molecule has 138 valence electrons. The normalized spacial score (nSPS) is 10.9. The van der Waals surface area contributed by atoms with Crippen molar-refractivity contribution in [1.29, 1.82) is 0 Å². The Bertz CT molecular complexity index is 952. The zero-order valence-corrected chi connectivity index (χ0v) is 15.3. The lowest BCUT2D eigenvalue weighted by molar-refractivity contribution is -0.139. The van der Waals surface area contributed by atoms with Gasteiger partial charge in [0.1, 0.15) is 5.75 Å². The first kappa shape index (κ1) is 18.7. The molecule has 3 rings (SSSR count). The number of para-hydroxylation sites is 1. The van der Waals surface area contributed by atoms with Crippen molar-refractivity contribution < 1.29 is 18.8 Å². The Hall–Kier alpha value is -3.12. The van der Waals surface area contributed by atoms with Gasteiger partial charge in [0.15, 0.2) is 6.61 Å². The summed E-state index contributed by atoms with van der Waals surface area (Å²) in [6.45, 7) is 2.30. The molecule has 3 aromatic rings. The number of hydrogen-bond acceptors (Lipinski definition) is 6. The van der Waals surface area contributed by atoms with Gasteiger partial charge < -0.3 is 14.0 Å². The van der Waals surface area contributed by atoms with Gasteiger partial charge in [-0.25, -0.2) is 4.79 Å². The highest BCUT2D eigenvalue weighted by molar-refractivity contribution is 6.30. The third-order valence-corrected chi connectivity index (χ3v) is 3.73. The van der Waals surface area contributed by atoms with Crippen molar-refractivity contribution in [3.63, 3.8) is 0 Å². The van der Waals surface area contributed by atoms with Gasteiger partial charge in [0.2, 0.25) is 5.82 Å². The maximum absolute atomic E-state index is 11.8. The van der Waals surface area contributed by atoms with Crippen molar-refractivity contribution in [3.8, 4) is 17.1 Å². The quantitative estimate of drug-likeness (QED) is 0.439. The topological polar surface area (TPSA) is 74.5 Å². The van der Waals surface area contributed by atoms with Crippen molar-refractivity contribution in [2.45, 2.75) is 13.5 Å². The zero-order chi connectivity index (χ0) is 19.1. The van der Waals surface area contributed by atoms with Crippen molar-refractivity contribution >= 4 is 23.6 Å². The Morgan fingerprint density at radius 2 is 2.07 bits per heavy atom. The molecule has 0 atom stereocenters. The van der Waals surface area contributed by atoms with E-state index < -0.39 is 5.97 Å². The molecule has 1 heterocycles. The van der Waals surface area contributed by atoms with Gasteiger partial charge in [0, 0.05) is 11.1 Å². The van der Waals surface area contributed by atoms with Crippen LogP contribution in [0.25, 0.3) is 17.5 Å². The standard InChI is InChI=1S/C20H17ClN2O4/c1-2-25-17-9-4-3-8-16(17)20-22-18(27-23-20)13-26-19(24)11-10-14-6-5-7-15(21)12-14/h3-12H,2,13H2,1H3/b11-10+. The molecule has 0 spiro atoms. The fraction of sp³-hybridized carbons (Fsp3) is 0.150. The number of ether oxygens (including phenoxy) is 2. The maximum Gasteiger partial charge on any atom is 0.331 e. The molecule has 0 amide bonds. The van der Waals surface area contributed by atoms with E-state index in [9.17, 15) is 4.79 Å². The molecular weight excluding hydrogens is 368 g/mol. The van der Waals surface area contributed by atoms with E-state index >= 15 is 0 Å². The monoisotopic (exact) mass is 384 g/mol. The summed E-state index contributed by atoms with van der Waals surface area (Å²) in [4.78, 5) is 16.1. The van der Waals surface area contributed by atoms with Crippen LogP contribution in [-0.4, -0.2) is 22.7 Å². The van der Waals surface area contributed by atoms with Crippen molar-refractivity contribution in [2.24, 2.45) is 0 Å². The highest BCUT2D eigenvalue weighted by atomic mass is 35.5. The van der Waals surface area contributed by atoms with Crippen LogP contribution in [0.4, 0.5) is 0 Å². The number of halogens is 1. The smallest absolute Gasteiger partial charge is 0.331 e. The van der Waals surface area contributed by atoms with E-state index in [4.69, 9.17) is 25.6 Å². The number of hydrogen-bond donors (Lipinski definition) is 0. The number of benzene rings is 2. The van der Waals surface area contributed by atoms with E-state index in [1.54, 1.807) is 24.3 Å². The number of rotatable bonds is 7. The third-order valence-electron chi connectivity index (χ3n) is 3.49. The van der Waals surface area contributed by atoms with Gasteiger partial charge in [-0.1, -0.05) is 41.0 Å². The first-order chi connectivity index (χ1) is 13.2. The van der Waals surface area contributed by atoms with Crippen LogP contribution in [0.5, 0.6) is 5.75 Å². The summed E-state index contributed by atoms with van der Waals surface area (Å²) >= 11 is 5.90. The largest absolute Gasteiger partial charge is 0.493 e. The molecule has 2 aromatic carbocycles. The summed E-state index contributed by atoms with van der Waals surface area (Å²) < 4.78 is 15.8. The number of esters is 1. The molecule has 0 aliphatic carbocycles. The van der Waals surface area contributed by atoms with E-state index in [1.165, 1.54) is 6.08 Å². The predicted molar refractivity (Wildman–Crippen MR) is 101 cm³/mol. The van der Waals surface area contributed by atoms with Crippen LogP contribution in [-0.2, 0) is 16.1 Å². The van der Waals surface area contributed by atoms with Crippen LogP contribution in [0, 0.1) is 0 Å².